The highest BCUT2D eigenvalue weighted by Gasteiger charge is 2.23. The first-order valence-electron chi connectivity index (χ1n) is 8.38. The van der Waals surface area contributed by atoms with E-state index in [1.807, 2.05) is 46.7 Å². The number of pyridine rings is 1. The van der Waals surface area contributed by atoms with Crippen LogP contribution in [0, 0.1) is 0 Å². The van der Waals surface area contributed by atoms with E-state index in [2.05, 4.69) is 25.4 Å². The van der Waals surface area contributed by atoms with Gasteiger partial charge in [-0.2, -0.15) is 0 Å². The lowest BCUT2D eigenvalue weighted by atomic mass is 10.3. The average Bonchev–Trinajstić information content (AvgIpc) is 3.24. The molecule has 1 amide bonds. The number of carbonyl (C=O) groups excluding carboxylic acids is 1. The summed E-state index contributed by atoms with van der Waals surface area (Å²) in [4.78, 5) is 21.3. The molecule has 0 spiro atoms. The molecule has 0 radical (unpaired) electrons. The first kappa shape index (κ1) is 16.5. The predicted molar refractivity (Wildman–Crippen MR) is 102 cm³/mol. The third-order valence-electron chi connectivity index (χ3n) is 4.21. The summed E-state index contributed by atoms with van der Waals surface area (Å²) in [5.41, 5.74) is 0.871. The topological polar surface area (TPSA) is 74.2 Å². The van der Waals surface area contributed by atoms with Crippen molar-refractivity contribution in [3.63, 3.8) is 0 Å². The van der Waals surface area contributed by atoms with Crippen molar-refractivity contribution in [1.82, 2.24) is 20.1 Å². The molecular weight excluding hydrogens is 348 g/mol. The van der Waals surface area contributed by atoms with Gasteiger partial charge in [0.25, 0.3) is 5.91 Å². The standard InChI is InChI=1S/C18H18N6OS/c25-18(15-4-2-12-26-15)24-10-8-23(9-11-24)17-6-5-16(21-22-17)20-14-3-1-7-19-13-14/h1-7,12-13H,8-11H2,(H,20,21). The number of hydrogen-bond acceptors (Lipinski definition) is 7. The number of hydrogen-bond donors (Lipinski definition) is 1. The maximum absolute atomic E-state index is 12.4. The molecule has 132 valence electrons. The highest BCUT2D eigenvalue weighted by atomic mass is 32.1. The van der Waals surface area contributed by atoms with Crippen molar-refractivity contribution in [3.8, 4) is 0 Å². The molecule has 3 aromatic heterocycles. The summed E-state index contributed by atoms with van der Waals surface area (Å²) in [5.74, 6) is 1.61. The fourth-order valence-electron chi connectivity index (χ4n) is 2.84. The largest absolute Gasteiger partial charge is 0.352 e. The lowest BCUT2D eigenvalue weighted by Gasteiger charge is -2.35. The van der Waals surface area contributed by atoms with Gasteiger partial charge in [0.15, 0.2) is 11.6 Å². The van der Waals surface area contributed by atoms with Crippen LogP contribution in [0.3, 0.4) is 0 Å². The number of aromatic nitrogens is 3. The molecular formula is C18H18N6OS. The lowest BCUT2D eigenvalue weighted by Crippen LogP contribution is -2.48. The molecule has 1 aliphatic heterocycles. The zero-order chi connectivity index (χ0) is 17.8. The first-order valence-corrected chi connectivity index (χ1v) is 9.26. The number of amides is 1. The Hall–Kier alpha value is -3.00. The van der Waals surface area contributed by atoms with E-state index in [0.717, 1.165) is 29.5 Å². The van der Waals surface area contributed by atoms with Crippen LogP contribution in [0.5, 0.6) is 0 Å². The Balaban J connectivity index is 1.35. The molecule has 0 atom stereocenters. The zero-order valence-electron chi connectivity index (χ0n) is 14.1. The predicted octanol–water partition coefficient (Wildman–Crippen LogP) is 2.64. The maximum Gasteiger partial charge on any atom is 0.264 e. The summed E-state index contributed by atoms with van der Waals surface area (Å²) in [7, 11) is 0. The van der Waals surface area contributed by atoms with Gasteiger partial charge in [-0.1, -0.05) is 6.07 Å². The highest BCUT2D eigenvalue weighted by molar-refractivity contribution is 7.12. The smallest absolute Gasteiger partial charge is 0.264 e. The van der Waals surface area contributed by atoms with E-state index in [0.29, 0.717) is 18.9 Å². The van der Waals surface area contributed by atoms with Crippen LogP contribution >= 0.6 is 11.3 Å². The van der Waals surface area contributed by atoms with Crippen molar-refractivity contribution in [1.29, 1.82) is 0 Å². The van der Waals surface area contributed by atoms with Gasteiger partial charge in [0.05, 0.1) is 16.8 Å². The van der Waals surface area contributed by atoms with Crippen LogP contribution in [0.1, 0.15) is 9.67 Å². The summed E-state index contributed by atoms with van der Waals surface area (Å²) in [6, 6.07) is 11.4. The molecule has 0 aliphatic carbocycles. The summed E-state index contributed by atoms with van der Waals surface area (Å²) in [6.07, 6.45) is 3.46. The van der Waals surface area contributed by atoms with E-state index in [1.54, 1.807) is 12.4 Å². The van der Waals surface area contributed by atoms with E-state index < -0.39 is 0 Å². The SMILES string of the molecule is O=C(c1cccs1)N1CCN(c2ccc(Nc3cccnc3)nn2)CC1. The monoisotopic (exact) mass is 366 g/mol. The van der Waals surface area contributed by atoms with Crippen molar-refractivity contribution >= 4 is 34.6 Å². The van der Waals surface area contributed by atoms with Gasteiger partial charge in [-0.25, -0.2) is 0 Å². The number of thiophene rings is 1. The fraction of sp³-hybridized carbons (Fsp3) is 0.222. The first-order chi connectivity index (χ1) is 12.8. The minimum absolute atomic E-state index is 0.113. The van der Waals surface area contributed by atoms with Crippen LogP contribution in [0.2, 0.25) is 0 Å². The molecule has 26 heavy (non-hydrogen) atoms. The van der Waals surface area contributed by atoms with Crippen molar-refractivity contribution in [3.05, 3.63) is 59.0 Å². The third kappa shape index (κ3) is 3.65. The fourth-order valence-corrected chi connectivity index (χ4v) is 3.53. The summed E-state index contributed by atoms with van der Waals surface area (Å²) >= 11 is 1.49. The molecule has 1 fully saturated rings. The Morgan fingerprint density at radius 2 is 1.92 bits per heavy atom. The number of nitrogens with zero attached hydrogens (tertiary/aromatic N) is 5. The molecule has 1 saturated heterocycles. The van der Waals surface area contributed by atoms with Crippen LogP contribution < -0.4 is 10.2 Å². The van der Waals surface area contributed by atoms with E-state index >= 15 is 0 Å². The molecule has 0 unspecified atom stereocenters. The van der Waals surface area contributed by atoms with Crippen LogP contribution in [0.4, 0.5) is 17.3 Å². The summed E-state index contributed by atoms with van der Waals surface area (Å²) < 4.78 is 0. The Bertz CT molecular complexity index is 845. The Kier molecular flexibility index (Phi) is 4.74. The molecule has 0 aromatic carbocycles. The molecule has 4 rings (SSSR count). The summed E-state index contributed by atoms with van der Waals surface area (Å²) in [6.45, 7) is 2.88. The van der Waals surface area contributed by atoms with Gasteiger partial charge in [-0.05, 0) is 35.7 Å². The third-order valence-corrected chi connectivity index (χ3v) is 5.07. The molecule has 4 heterocycles. The normalized spacial score (nSPS) is 14.3. The maximum atomic E-state index is 12.4. The molecule has 8 heteroatoms. The second-order valence-electron chi connectivity index (χ2n) is 5.90. The number of piperazine rings is 1. The number of carbonyl (C=O) groups is 1. The van der Waals surface area contributed by atoms with Crippen LogP contribution in [-0.4, -0.2) is 52.2 Å². The second kappa shape index (κ2) is 7.49. The van der Waals surface area contributed by atoms with Crippen molar-refractivity contribution in [2.75, 3.05) is 36.4 Å². The highest BCUT2D eigenvalue weighted by Crippen LogP contribution is 2.18. The summed E-state index contributed by atoms with van der Waals surface area (Å²) in [5, 5.41) is 13.6. The molecule has 0 saturated carbocycles. The molecule has 3 aromatic rings. The minimum Gasteiger partial charge on any atom is -0.352 e. The van der Waals surface area contributed by atoms with Gasteiger partial charge >= 0.3 is 0 Å². The van der Waals surface area contributed by atoms with Crippen LogP contribution in [0.25, 0.3) is 0 Å². The van der Waals surface area contributed by atoms with E-state index in [-0.39, 0.29) is 5.91 Å². The van der Waals surface area contributed by atoms with Gasteiger partial charge in [0, 0.05) is 32.4 Å². The van der Waals surface area contributed by atoms with Crippen molar-refractivity contribution in [2.24, 2.45) is 0 Å². The molecule has 1 aliphatic rings. The van der Waals surface area contributed by atoms with Crippen LogP contribution in [0.15, 0.2) is 54.2 Å². The van der Waals surface area contributed by atoms with Gasteiger partial charge < -0.3 is 15.1 Å². The number of rotatable bonds is 4. The Morgan fingerprint density at radius 3 is 2.58 bits per heavy atom. The zero-order valence-corrected chi connectivity index (χ0v) is 14.9. The molecule has 0 bridgehead atoms. The quantitative estimate of drug-likeness (QED) is 0.765. The number of anilines is 3. The van der Waals surface area contributed by atoms with Crippen LogP contribution in [-0.2, 0) is 0 Å². The molecule has 1 N–H and O–H groups in total. The Labute approximate surface area is 155 Å². The lowest BCUT2D eigenvalue weighted by molar-refractivity contribution is 0.0751. The van der Waals surface area contributed by atoms with Gasteiger partial charge in [0.2, 0.25) is 0 Å². The average molecular weight is 366 g/mol. The van der Waals surface area contributed by atoms with Gasteiger partial charge in [0.1, 0.15) is 0 Å². The van der Waals surface area contributed by atoms with E-state index in [4.69, 9.17) is 0 Å². The van der Waals surface area contributed by atoms with Gasteiger partial charge in [-0.3, -0.25) is 9.78 Å². The van der Waals surface area contributed by atoms with E-state index in [1.165, 1.54) is 11.3 Å². The van der Waals surface area contributed by atoms with Crippen molar-refractivity contribution in [2.45, 2.75) is 0 Å². The molecule has 7 nitrogen and oxygen atoms in total. The van der Waals surface area contributed by atoms with Gasteiger partial charge in [-0.15, -0.1) is 21.5 Å². The van der Waals surface area contributed by atoms with E-state index in [9.17, 15) is 4.79 Å². The minimum atomic E-state index is 0.113. The van der Waals surface area contributed by atoms with Crippen molar-refractivity contribution < 1.29 is 4.79 Å². The Morgan fingerprint density at radius 1 is 1.04 bits per heavy atom. The number of nitrogens with one attached hydrogen (secondary N) is 1. The second-order valence-corrected chi connectivity index (χ2v) is 6.85.